The van der Waals surface area contributed by atoms with E-state index < -0.39 is 5.91 Å². The maximum atomic E-state index is 11.1. The van der Waals surface area contributed by atoms with E-state index in [4.69, 9.17) is 14.7 Å². The van der Waals surface area contributed by atoms with Gasteiger partial charge < -0.3 is 9.47 Å². The topological polar surface area (TPSA) is 67.8 Å². The quantitative estimate of drug-likeness (QED) is 0.458. The molecule has 120 valence electrons. The SMILES string of the molecule is COc1ccc(/C=C/C(=O)NO)c(OCc2ccc(Br)cc2)c1. The molecule has 0 unspecified atom stereocenters. The summed E-state index contributed by atoms with van der Waals surface area (Å²) >= 11 is 3.39. The molecular formula is C17H16BrNO4. The Hall–Kier alpha value is -2.31. The third-order valence-electron chi connectivity index (χ3n) is 3.05. The number of hydrogen-bond acceptors (Lipinski definition) is 4. The van der Waals surface area contributed by atoms with E-state index in [0.717, 1.165) is 10.0 Å². The van der Waals surface area contributed by atoms with Crippen LogP contribution < -0.4 is 15.0 Å². The van der Waals surface area contributed by atoms with Crippen molar-refractivity contribution < 1.29 is 19.5 Å². The summed E-state index contributed by atoms with van der Waals surface area (Å²) in [5.41, 5.74) is 3.26. The molecule has 0 heterocycles. The molecule has 2 aromatic rings. The van der Waals surface area contributed by atoms with Crippen molar-refractivity contribution in [2.24, 2.45) is 0 Å². The standard InChI is InChI=1S/C17H16BrNO4/c1-22-15-8-4-13(5-9-17(20)19-21)16(10-15)23-11-12-2-6-14(18)7-3-12/h2-10,21H,11H2,1H3,(H,19,20)/b9-5+. The van der Waals surface area contributed by atoms with Gasteiger partial charge in [-0.3, -0.25) is 10.0 Å². The van der Waals surface area contributed by atoms with Crippen molar-refractivity contribution >= 4 is 27.9 Å². The molecule has 0 fully saturated rings. The van der Waals surface area contributed by atoms with Gasteiger partial charge in [0.05, 0.1) is 7.11 Å². The highest BCUT2D eigenvalue weighted by Crippen LogP contribution is 2.27. The Morgan fingerprint density at radius 2 is 2.00 bits per heavy atom. The first-order valence-electron chi connectivity index (χ1n) is 6.80. The summed E-state index contributed by atoms with van der Waals surface area (Å²) in [5, 5.41) is 8.53. The molecule has 0 aliphatic carbocycles. The monoisotopic (exact) mass is 377 g/mol. The van der Waals surface area contributed by atoms with Crippen LogP contribution in [0.5, 0.6) is 11.5 Å². The summed E-state index contributed by atoms with van der Waals surface area (Å²) < 4.78 is 12.0. The summed E-state index contributed by atoms with van der Waals surface area (Å²) in [6, 6.07) is 13.1. The molecule has 0 radical (unpaired) electrons. The van der Waals surface area contributed by atoms with Gasteiger partial charge in [0.25, 0.3) is 5.91 Å². The molecule has 2 rings (SSSR count). The lowest BCUT2D eigenvalue weighted by atomic mass is 10.1. The van der Waals surface area contributed by atoms with Gasteiger partial charge in [0.2, 0.25) is 0 Å². The molecule has 0 atom stereocenters. The Bertz CT molecular complexity index is 698. The van der Waals surface area contributed by atoms with Gasteiger partial charge >= 0.3 is 0 Å². The van der Waals surface area contributed by atoms with Gasteiger partial charge in [0.1, 0.15) is 18.1 Å². The van der Waals surface area contributed by atoms with Gasteiger partial charge in [0, 0.05) is 22.2 Å². The molecule has 0 aromatic heterocycles. The van der Waals surface area contributed by atoms with Crippen LogP contribution in [0.4, 0.5) is 0 Å². The summed E-state index contributed by atoms with van der Waals surface area (Å²) in [4.78, 5) is 11.1. The molecule has 0 aliphatic rings. The van der Waals surface area contributed by atoms with Crippen LogP contribution in [-0.2, 0) is 11.4 Å². The second kappa shape index (κ2) is 8.36. The smallest absolute Gasteiger partial charge is 0.267 e. The molecule has 2 aromatic carbocycles. The number of halogens is 1. The third kappa shape index (κ3) is 5.12. The van der Waals surface area contributed by atoms with Gasteiger partial charge in [-0.1, -0.05) is 28.1 Å². The van der Waals surface area contributed by atoms with E-state index >= 15 is 0 Å². The van der Waals surface area contributed by atoms with Crippen LogP contribution in [-0.4, -0.2) is 18.2 Å². The number of hydroxylamine groups is 1. The zero-order valence-electron chi connectivity index (χ0n) is 12.5. The first-order valence-corrected chi connectivity index (χ1v) is 7.59. The van der Waals surface area contributed by atoms with E-state index in [1.807, 2.05) is 24.3 Å². The minimum absolute atomic E-state index is 0.382. The van der Waals surface area contributed by atoms with E-state index in [1.165, 1.54) is 6.08 Å². The van der Waals surface area contributed by atoms with Gasteiger partial charge in [-0.25, -0.2) is 5.48 Å². The number of hydrogen-bond donors (Lipinski definition) is 2. The summed E-state index contributed by atoms with van der Waals surface area (Å²) in [5.74, 6) is 0.619. The average molecular weight is 378 g/mol. The van der Waals surface area contributed by atoms with E-state index in [1.54, 1.807) is 36.9 Å². The summed E-state index contributed by atoms with van der Waals surface area (Å²) in [6.45, 7) is 0.382. The lowest BCUT2D eigenvalue weighted by Crippen LogP contribution is -2.14. The highest BCUT2D eigenvalue weighted by molar-refractivity contribution is 9.10. The second-order valence-electron chi connectivity index (χ2n) is 4.63. The molecule has 0 saturated carbocycles. The number of carbonyl (C=O) groups excluding carboxylic acids is 1. The fourth-order valence-electron chi connectivity index (χ4n) is 1.85. The summed E-state index contributed by atoms with van der Waals surface area (Å²) in [7, 11) is 1.57. The molecular weight excluding hydrogens is 362 g/mol. The van der Waals surface area contributed by atoms with Crippen molar-refractivity contribution in [3.05, 3.63) is 64.1 Å². The molecule has 0 aliphatic heterocycles. The van der Waals surface area contributed by atoms with Crippen LogP contribution in [0, 0.1) is 0 Å². The van der Waals surface area contributed by atoms with Crippen LogP contribution >= 0.6 is 15.9 Å². The molecule has 0 spiro atoms. The highest BCUT2D eigenvalue weighted by atomic mass is 79.9. The van der Waals surface area contributed by atoms with Crippen molar-refractivity contribution in [1.82, 2.24) is 5.48 Å². The lowest BCUT2D eigenvalue weighted by Gasteiger charge is -2.11. The lowest BCUT2D eigenvalue weighted by molar-refractivity contribution is -0.124. The van der Waals surface area contributed by atoms with Gasteiger partial charge in [-0.15, -0.1) is 0 Å². The number of nitrogens with one attached hydrogen (secondary N) is 1. The van der Waals surface area contributed by atoms with Crippen molar-refractivity contribution in [3.63, 3.8) is 0 Å². The maximum absolute atomic E-state index is 11.1. The Kier molecular flexibility index (Phi) is 6.19. The average Bonchev–Trinajstić information content (AvgIpc) is 2.59. The number of rotatable bonds is 6. The van der Waals surface area contributed by atoms with Gasteiger partial charge in [-0.2, -0.15) is 0 Å². The third-order valence-corrected chi connectivity index (χ3v) is 3.58. The zero-order valence-corrected chi connectivity index (χ0v) is 14.0. The molecule has 23 heavy (non-hydrogen) atoms. The molecule has 1 amide bonds. The minimum atomic E-state index is -0.611. The fourth-order valence-corrected chi connectivity index (χ4v) is 2.11. The number of benzene rings is 2. The first-order chi connectivity index (χ1) is 11.1. The molecule has 2 N–H and O–H groups in total. The van der Waals surface area contributed by atoms with Crippen LogP contribution in [0.1, 0.15) is 11.1 Å². The first kappa shape index (κ1) is 17.1. The normalized spacial score (nSPS) is 10.6. The maximum Gasteiger partial charge on any atom is 0.267 e. The van der Waals surface area contributed by atoms with E-state index in [2.05, 4.69) is 15.9 Å². The fraction of sp³-hybridized carbons (Fsp3) is 0.118. The number of amides is 1. The van der Waals surface area contributed by atoms with E-state index in [-0.39, 0.29) is 0 Å². The van der Waals surface area contributed by atoms with Crippen LogP contribution in [0.3, 0.4) is 0 Å². The molecule has 5 nitrogen and oxygen atoms in total. The molecule has 0 bridgehead atoms. The Labute approximate surface area is 142 Å². The molecule has 6 heteroatoms. The number of methoxy groups -OCH3 is 1. The number of carbonyl (C=O) groups is 1. The van der Waals surface area contributed by atoms with Crippen molar-refractivity contribution in [1.29, 1.82) is 0 Å². The second-order valence-corrected chi connectivity index (χ2v) is 5.54. The Morgan fingerprint density at radius 1 is 1.26 bits per heavy atom. The summed E-state index contributed by atoms with van der Waals surface area (Å²) in [6.07, 6.45) is 2.77. The van der Waals surface area contributed by atoms with Crippen LogP contribution in [0.25, 0.3) is 6.08 Å². The Morgan fingerprint density at radius 3 is 2.65 bits per heavy atom. The largest absolute Gasteiger partial charge is 0.497 e. The number of ether oxygens (including phenoxy) is 2. The van der Waals surface area contributed by atoms with Crippen molar-refractivity contribution in [2.75, 3.05) is 7.11 Å². The van der Waals surface area contributed by atoms with Crippen molar-refractivity contribution in [3.8, 4) is 11.5 Å². The van der Waals surface area contributed by atoms with Gasteiger partial charge in [0.15, 0.2) is 0 Å². The predicted octanol–water partition coefficient (Wildman–Crippen LogP) is 3.56. The predicted molar refractivity (Wildman–Crippen MR) is 90.4 cm³/mol. The highest BCUT2D eigenvalue weighted by Gasteiger charge is 2.05. The van der Waals surface area contributed by atoms with Gasteiger partial charge in [-0.05, 0) is 35.9 Å². The van der Waals surface area contributed by atoms with E-state index in [9.17, 15) is 4.79 Å². The van der Waals surface area contributed by atoms with Crippen LogP contribution in [0.2, 0.25) is 0 Å². The van der Waals surface area contributed by atoms with Crippen LogP contribution in [0.15, 0.2) is 53.0 Å². The minimum Gasteiger partial charge on any atom is -0.497 e. The molecule has 0 saturated heterocycles. The zero-order chi connectivity index (χ0) is 16.7. The van der Waals surface area contributed by atoms with E-state index in [0.29, 0.717) is 23.7 Å². The Balaban J connectivity index is 2.18. The van der Waals surface area contributed by atoms with Crippen molar-refractivity contribution in [2.45, 2.75) is 6.61 Å².